The molecule has 2 heterocycles. The quantitative estimate of drug-likeness (QED) is 0.945. The number of thiophene rings is 1. The molecule has 0 spiro atoms. The highest BCUT2D eigenvalue weighted by atomic mass is 79.9. The molecule has 2 aromatic heterocycles. The molecule has 0 aromatic carbocycles. The van der Waals surface area contributed by atoms with E-state index in [1.54, 1.807) is 12.3 Å². The summed E-state index contributed by atoms with van der Waals surface area (Å²) in [7, 11) is 0. The summed E-state index contributed by atoms with van der Waals surface area (Å²) >= 11 is 4.72. The second kappa shape index (κ2) is 5.18. The summed E-state index contributed by atoms with van der Waals surface area (Å²) in [6.45, 7) is 0.408. The summed E-state index contributed by atoms with van der Waals surface area (Å²) in [5, 5.41) is 4.66. The topological polar surface area (TPSA) is 54.9 Å². The minimum absolute atomic E-state index is 0.0968. The zero-order valence-electron chi connectivity index (χ0n) is 8.18. The number of nitrogens with zero attached hydrogens (tertiary/aromatic N) is 2. The molecule has 16 heavy (non-hydrogen) atoms. The predicted octanol–water partition coefficient (Wildman–Crippen LogP) is 2.23. The molecule has 0 bridgehead atoms. The zero-order valence-corrected chi connectivity index (χ0v) is 10.6. The van der Waals surface area contributed by atoms with Gasteiger partial charge in [-0.15, -0.1) is 11.3 Å². The largest absolute Gasteiger partial charge is 0.346 e. The Morgan fingerprint density at radius 2 is 2.38 bits per heavy atom. The van der Waals surface area contributed by atoms with E-state index in [2.05, 4.69) is 31.2 Å². The number of hydrogen-bond acceptors (Lipinski definition) is 4. The van der Waals surface area contributed by atoms with Gasteiger partial charge < -0.3 is 5.32 Å². The van der Waals surface area contributed by atoms with E-state index in [-0.39, 0.29) is 5.91 Å². The van der Waals surface area contributed by atoms with Crippen molar-refractivity contribution in [2.24, 2.45) is 0 Å². The van der Waals surface area contributed by atoms with Gasteiger partial charge in [0, 0.05) is 10.7 Å². The third-order valence-corrected chi connectivity index (χ3v) is 3.73. The standard InChI is InChI=1S/C10H8BrN3OS/c11-8-2-4-16-9(8)10(15)13-5-7-1-3-12-6-14-7/h1-4,6H,5H2,(H,13,15). The van der Waals surface area contributed by atoms with Crippen molar-refractivity contribution in [1.29, 1.82) is 0 Å². The maximum Gasteiger partial charge on any atom is 0.262 e. The molecule has 2 aromatic rings. The van der Waals surface area contributed by atoms with Crippen LogP contribution in [0.4, 0.5) is 0 Å². The van der Waals surface area contributed by atoms with Crippen LogP contribution < -0.4 is 5.32 Å². The Hall–Kier alpha value is -1.27. The smallest absolute Gasteiger partial charge is 0.262 e. The highest BCUT2D eigenvalue weighted by Gasteiger charge is 2.10. The Bertz CT molecular complexity index is 486. The van der Waals surface area contributed by atoms with Crippen LogP contribution in [0.1, 0.15) is 15.4 Å². The van der Waals surface area contributed by atoms with Gasteiger partial charge in [-0.25, -0.2) is 9.97 Å². The lowest BCUT2D eigenvalue weighted by atomic mass is 10.4. The summed E-state index contributed by atoms with van der Waals surface area (Å²) in [4.78, 5) is 20.2. The number of carbonyl (C=O) groups is 1. The highest BCUT2D eigenvalue weighted by molar-refractivity contribution is 9.10. The average molecular weight is 298 g/mol. The van der Waals surface area contributed by atoms with E-state index >= 15 is 0 Å². The highest BCUT2D eigenvalue weighted by Crippen LogP contribution is 2.22. The molecule has 0 radical (unpaired) electrons. The first-order valence-electron chi connectivity index (χ1n) is 4.53. The number of aromatic nitrogens is 2. The molecule has 0 unspecified atom stereocenters. The number of carbonyl (C=O) groups excluding carboxylic acids is 1. The molecule has 1 amide bonds. The number of hydrogen-bond donors (Lipinski definition) is 1. The van der Waals surface area contributed by atoms with Gasteiger partial charge in [0.05, 0.1) is 12.2 Å². The van der Waals surface area contributed by atoms with Gasteiger partial charge in [0.1, 0.15) is 11.2 Å². The summed E-state index contributed by atoms with van der Waals surface area (Å²) < 4.78 is 0.817. The predicted molar refractivity (Wildman–Crippen MR) is 65.2 cm³/mol. The monoisotopic (exact) mass is 297 g/mol. The van der Waals surface area contributed by atoms with Gasteiger partial charge in [-0.2, -0.15) is 0 Å². The van der Waals surface area contributed by atoms with Crippen LogP contribution in [0.25, 0.3) is 0 Å². The fraction of sp³-hybridized carbons (Fsp3) is 0.100. The fourth-order valence-corrected chi connectivity index (χ4v) is 2.60. The lowest BCUT2D eigenvalue weighted by molar-refractivity contribution is 0.0954. The lowest BCUT2D eigenvalue weighted by Gasteiger charge is -2.02. The van der Waals surface area contributed by atoms with Crippen molar-refractivity contribution in [2.45, 2.75) is 6.54 Å². The van der Waals surface area contributed by atoms with Gasteiger partial charge in [-0.1, -0.05) is 0 Å². The van der Waals surface area contributed by atoms with Crippen molar-refractivity contribution in [3.8, 4) is 0 Å². The van der Waals surface area contributed by atoms with E-state index < -0.39 is 0 Å². The normalized spacial score (nSPS) is 10.1. The van der Waals surface area contributed by atoms with Crippen LogP contribution in [0.2, 0.25) is 0 Å². The van der Waals surface area contributed by atoms with Crippen molar-refractivity contribution in [2.75, 3.05) is 0 Å². The van der Waals surface area contributed by atoms with Crippen LogP contribution in [0.5, 0.6) is 0 Å². The minimum Gasteiger partial charge on any atom is -0.346 e. The van der Waals surface area contributed by atoms with Crippen molar-refractivity contribution < 1.29 is 4.79 Å². The third-order valence-electron chi connectivity index (χ3n) is 1.90. The first-order valence-corrected chi connectivity index (χ1v) is 6.20. The first-order chi connectivity index (χ1) is 7.77. The van der Waals surface area contributed by atoms with E-state index in [0.717, 1.165) is 10.2 Å². The van der Waals surface area contributed by atoms with E-state index in [1.165, 1.54) is 17.7 Å². The maximum absolute atomic E-state index is 11.7. The Balaban J connectivity index is 1.97. The van der Waals surface area contributed by atoms with Crippen LogP contribution in [-0.4, -0.2) is 15.9 Å². The van der Waals surface area contributed by atoms with Crippen LogP contribution >= 0.6 is 27.3 Å². The number of rotatable bonds is 3. The van der Waals surface area contributed by atoms with E-state index in [1.807, 2.05) is 11.4 Å². The third kappa shape index (κ3) is 2.65. The summed E-state index contributed by atoms with van der Waals surface area (Å²) in [5.41, 5.74) is 0.788. The molecule has 0 saturated heterocycles. The number of amides is 1. The summed E-state index contributed by atoms with van der Waals surface area (Å²) in [5.74, 6) is -0.0968. The van der Waals surface area contributed by atoms with E-state index in [9.17, 15) is 4.79 Å². The Morgan fingerprint density at radius 3 is 3.00 bits per heavy atom. The van der Waals surface area contributed by atoms with Gasteiger partial charge in [0.15, 0.2) is 0 Å². The van der Waals surface area contributed by atoms with Gasteiger partial charge >= 0.3 is 0 Å². The zero-order chi connectivity index (χ0) is 11.4. The van der Waals surface area contributed by atoms with Crippen LogP contribution in [0.3, 0.4) is 0 Å². The van der Waals surface area contributed by atoms with Gasteiger partial charge in [0.2, 0.25) is 0 Å². The van der Waals surface area contributed by atoms with Crippen molar-refractivity contribution in [3.05, 3.63) is 45.1 Å². The molecule has 2 rings (SSSR count). The molecule has 0 saturated carbocycles. The molecule has 0 atom stereocenters. The molecule has 4 nitrogen and oxygen atoms in total. The summed E-state index contributed by atoms with van der Waals surface area (Å²) in [6.07, 6.45) is 3.11. The van der Waals surface area contributed by atoms with Gasteiger partial charge in [-0.05, 0) is 33.4 Å². The molecule has 0 aliphatic carbocycles. The van der Waals surface area contributed by atoms with Crippen molar-refractivity contribution in [3.63, 3.8) is 0 Å². The van der Waals surface area contributed by atoms with Crippen LogP contribution in [0, 0.1) is 0 Å². The molecular weight excluding hydrogens is 290 g/mol. The van der Waals surface area contributed by atoms with Crippen LogP contribution in [-0.2, 0) is 6.54 Å². The van der Waals surface area contributed by atoms with Crippen molar-refractivity contribution >= 4 is 33.2 Å². The Kier molecular flexibility index (Phi) is 3.63. The molecule has 0 aliphatic rings. The fourth-order valence-electron chi connectivity index (χ4n) is 1.13. The minimum atomic E-state index is -0.0968. The Labute approximate surface area is 105 Å². The first kappa shape index (κ1) is 11.2. The molecular formula is C10H8BrN3OS. The van der Waals surface area contributed by atoms with Gasteiger partial charge in [-0.3, -0.25) is 4.79 Å². The lowest BCUT2D eigenvalue weighted by Crippen LogP contribution is -2.22. The molecule has 1 N–H and O–H groups in total. The maximum atomic E-state index is 11.7. The van der Waals surface area contributed by atoms with Crippen LogP contribution in [0.15, 0.2) is 34.5 Å². The second-order valence-corrected chi connectivity index (χ2v) is 4.75. The Morgan fingerprint density at radius 1 is 1.50 bits per heavy atom. The SMILES string of the molecule is O=C(NCc1ccncn1)c1sccc1Br. The second-order valence-electron chi connectivity index (χ2n) is 2.98. The molecule has 0 fully saturated rings. The molecule has 0 aliphatic heterocycles. The number of halogens is 1. The average Bonchev–Trinajstić information content (AvgIpc) is 2.74. The van der Waals surface area contributed by atoms with E-state index in [4.69, 9.17) is 0 Å². The molecule has 82 valence electrons. The van der Waals surface area contributed by atoms with E-state index in [0.29, 0.717) is 11.4 Å². The van der Waals surface area contributed by atoms with Gasteiger partial charge in [0.25, 0.3) is 5.91 Å². The molecule has 6 heteroatoms. The number of nitrogens with one attached hydrogen (secondary N) is 1. The van der Waals surface area contributed by atoms with Crippen molar-refractivity contribution in [1.82, 2.24) is 15.3 Å². The summed E-state index contributed by atoms with van der Waals surface area (Å²) in [6, 6.07) is 3.62.